The first-order valence-electron chi connectivity index (χ1n) is 10.8. The molecule has 2 aromatic carbocycles. The van der Waals surface area contributed by atoms with Gasteiger partial charge in [0.15, 0.2) is 5.13 Å². The number of para-hydroxylation sites is 1. The maximum absolute atomic E-state index is 13.9. The summed E-state index contributed by atoms with van der Waals surface area (Å²) in [4.78, 5) is 31.4. The maximum Gasteiger partial charge on any atom is 0.288 e. The molecule has 0 bridgehead atoms. The highest BCUT2D eigenvalue weighted by atomic mass is 32.2. The number of hydrogen-bond donors (Lipinski definition) is 0. The molecule has 1 atom stereocenters. The number of amides is 1. The van der Waals surface area contributed by atoms with Crippen molar-refractivity contribution in [2.24, 2.45) is 5.92 Å². The third kappa shape index (κ3) is 4.88. The Labute approximate surface area is 203 Å². The molecule has 0 aliphatic carbocycles. The third-order valence-corrected chi connectivity index (χ3v) is 7.36. The summed E-state index contributed by atoms with van der Waals surface area (Å²) in [7, 11) is 0. The van der Waals surface area contributed by atoms with Gasteiger partial charge in [0.2, 0.25) is 11.9 Å². The maximum atomic E-state index is 13.9. The monoisotopic (exact) mass is 497 g/mol. The van der Waals surface area contributed by atoms with Gasteiger partial charge in [0.05, 0.1) is 21.8 Å². The van der Waals surface area contributed by atoms with Crippen molar-refractivity contribution in [3.63, 3.8) is 0 Å². The van der Waals surface area contributed by atoms with E-state index in [1.807, 2.05) is 29.2 Å². The van der Waals surface area contributed by atoms with E-state index in [0.29, 0.717) is 40.0 Å². The van der Waals surface area contributed by atoms with Crippen molar-refractivity contribution in [3.05, 3.63) is 67.0 Å². The van der Waals surface area contributed by atoms with Crippen molar-refractivity contribution in [2.75, 3.05) is 22.9 Å². The van der Waals surface area contributed by atoms with E-state index in [9.17, 15) is 13.6 Å². The van der Waals surface area contributed by atoms with Gasteiger partial charge < -0.3 is 4.90 Å². The van der Waals surface area contributed by atoms with Crippen LogP contribution in [0.2, 0.25) is 0 Å². The first-order valence-corrected chi connectivity index (χ1v) is 12.5. The Morgan fingerprint density at radius 2 is 1.85 bits per heavy atom. The molecule has 174 valence electrons. The minimum atomic E-state index is -2.50. The Bertz CT molecular complexity index is 1240. The normalized spacial score (nSPS) is 16.2. The number of carbonyl (C=O) groups excluding carboxylic acids is 1. The Balaban J connectivity index is 1.48. The fourth-order valence-electron chi connectivity index (χ4n) is 4.06. The molecule has 1 aliphatic heterocycles. The number of carbonyl (C=O) groups is 1. The molecule has 4 aromatic rings. The van der Waals surface area contributed by atoms with E-state index < -0.39 is 5.76 Å². The lowest BCUT2D eigenvalue weighted by molar-refractivity contribution is -0.121. The molecule has 1 unspecified atom stereocenters. The molecule has 5 rings (SSSR count). The van der Waals surface area contributed by atoms with Crippen LogP contribution < -0.4 is 9.80 Å². The summed E-state index contributed by atoms with van der Waals surface area (Å²) in [5.41, 5.74) is 1.42. The van der Waals surface area contributed by atoms with E-state index >= 15 is 0 Å². The lowest BCUT2D eigenvalue weighted by atomic mass is 9.96. The van der Waals surface area contributed by atoms with Gasteiger partial charge in [-0.25, -0.2) is 15.0 Å². The van der Waals surface area contributed by atoms with Crippen LogP contribution in [0.4, 0.5) is 25.5 Å². The van der Waals surface area contributed by atoms with Crippen LogP contribution in [0.15, 0.2) is 71.9 Å². The Morgan fingerprint density at radius 3 is 2.59 bits per heavy atom. The van der Waals surface area contributed by atoms with E-state index in [1.54, 1.807) is 47.6 Å². The van der Waals surface area contributed by atoms with Crippen LogP contribution in [-0.2, 0) is 4.79 Å². The van der Waals surface area contributed by atoms with Crippen LogP contribution in [0.5, 0.6) is 0 Å². The Morgan fingerprint density at radius 1 is 1.09 bits per heavy atom. The Kier molecular flexibility index (Phi) is 6.68. The molecule has 34 heavy (non-hydrogen) atoms. The van der Waals surface area contributed by atoms with Crippen molar-refractivity contribution in [2.45, 2.75) is 23.5 Å². The summed E-state index contributed by atoms with van der Waals surface area (Å²) in [6.07, 6.45) is 4.97. The second-order valence-electron chi connectivity index (χ2n) is 7.84. The van der Waals surface area contributed by atoms with E-state index in [2.05, 4.69) is 9.97 Å². The fourth-order valence-corrected chi connectivity index (χ4v) is 5.55. The highest BCUT2D eigenvalue weighted by molar-refractivity contribution is 7.99. The second-order valence-corrected chi connectivity index (χ2v) is 9.92. The molecule has 6 nitrogen and oxygen atoms in total. The van der Waals surface area contributed by atoms with Crippen molar-refractivity contribution >= 4 is 56.0 Å². The summed E-state index contributed by atoms with van der Waals surface area (Å²) in [5, 5.41) is 0.563. The molecule has 0 radical (unpaired) electrons. The van der Waals surface area contributed by atoms with Crippen LogP contribution in [0.1, 0.15) is 12.8 Å². The Hall–Kier alpha value is -3.11. The van der Waals surface area contributed by atoms with Crippen LogP contribution in [0, 0.1) is 5.92 Å². The zero-order valence-electron chi connectivity index (χ0n) is 18.1. The summed E-state index contributed by atoms with van der Waals surface area (Å²) >= 11 is 1.92. The smallest absolute Gasteiger partial charge is 0.288 e. The topological polar surface area (TPSA) is 62.2 Å². The summed E-state index contributed by atoms with van der Waals surface area (Å²) in [6.45, 7) is 1.29. The molecule has 10 heteroatoms. The summed E-state index contributed by atoms with van der Waals surface area (Å²) < 4.78 is 26.5. The van der Waals surface area contributed by atoms with Crippen molar-refractivity contribution in [1.29, 1.82) is 0 Å². The van der Waals surface area contributed by atoms with Crippen molar-refractivity contribution < 1.29 is 13.6 Å². The zero-order valence-corrected chi connectivity index (χ0v) is 19.7. The van der Waals surface area contributed by atoms with E-state index in [-0.39, 0.29) is 11.8 Å². The number of nitrogens with zero attached hydrogens (tertiary/aromatic N) is 5. The van der Waals surface area contributed by atoms with Gasteiger partial charge in [0.25, 0.3) is 5.76 Å². The van der Waals surface area contributed by atoms with Crippen LogP contribution >= 0.6 is 23.1 Å². The largest absolute Gasteiger partial charge is 0.340 e. The first kappa shape index (κ1) is 22.7. The van der Waals surface area contributed by atoms with Crippen LogP contribution in [0.25, 0.3) is 10.2 Å². The number of alkyl halides is 2. The van der Waals surface area contributed by atoms with Crippen molar-refractivity contribution in [3.8, 4) is 0 Å². The zero-order chi connectivity index (χ0) is 23.5. The molecule has 1 amide bonds. The average Bonchev–Trinajstić information content (AvgIpc) is 3.29. The lowest BCUT2D eigenvalue weighted by Crippen LogP contribution is -2.44. The number of rotatable bonds is 6. The highest BCUT2D eigenvalue weighted by Crippen LogP contribution is 2.37. The van der Waals surface area contributed by atoms with E-state index in [1.165, 1.54) is 11.3 Å². The lowest BCUT2D eigenvalue weighted by Gasteiger charge is -2.34. The van der Waals surface area contributed by atoms with Crippen LogP contribution in [0.3, 0.4) is 0 Å². The average molecular weight is 498 g/mol. The van der Waals surface area contributed by atoms with Crippen molar-refractivity contribution in [1.82, 2.24) is 15.0 Å². The number of benzene rings is 2. The van der Waals surface area contributed by atoms with E-state index in [4.69, 9.17) is 4.98 Å². The molecular formula is C24H21F2N5OS2. The minimum Gasteiger partial charge on any atom is -0.340 e. The molecule has 1 fully saturated rings. The number of piperidine rings is 1. The number of thioether (sulfide) groups is 1. The molecule has 0 spiro atoms. The van der Waals surface area contributed by atoms with Gasteiger partial charge in [0, 0.05) is 30.4 Å². The number of thiazole rings is 1. The number of halogens is 2. The number of hydrogen-bond acceptors (Lipinski definition) is 7. The predicted octanol–water partition coefficient (Wildman–Crippen LogP) is 5.98. The number of anilines is 3. The molecule has 0 saturated carbocycles. The standard InChI is InChI=1S/C24H21F2N5OS2/c25-22(26)33-18-10-8-17(9-11-18)31(24-29-19-6-1-2-7-20(19)34-24)21(32)16-5-3-14-30(15-16)23-27-12-4-13-28-23/h1-2,4,6-13,16,22H,3,5,14-15H2. The molecule has 1 saturated heterocycles. The number of aromatic nitrogens is 3. The van der Waals surface area contributed by atoms with Gasteiger partial charge in [-0.2, -0.15) is 8.78 Å². The van der Waals surface area contributed by atoms with Gasteiger partial charge >= 0.3 is 0 Å². The van der Waals surface area contributed by atoms with Gasteiger partial charge in [-0.15, -0.1) is 0 Å². The summed E-state index contributed by atoms with van der Waals surface area (Å²) in [6, 6.07) is 16.1. The summed E-state index contributed by atoms with van der Waals surface area (Å²) in [5.74, 6) is -2.24. The molecule has 3 heterocycles. The van der Waals surface area contributed by atoms with Gasteiger partial charge in [0.1, 0.15) is 0 Å². The SMILES string of the molecule is O=C(C1CCCN(c2ncccn2)C1)N(c1ccc(SC(F)F)cc1)c1nc2ccccc2s1. The quantitative estimate of drug-likeness (QED) is 0.305. The fraction of sp³-hybridized carbons (Fsp3) is 0.250. The molecule has 0 N–H and O–H groups in total. The first-order chi connectivity index (χ1) is 16.6. The van der Waals surface area contributed by atoms with E-state index in [0.717, 1.165) is 29.6 Å². The predicted molar refractivity (Wildman–Crippen MR) is 132 cm³/mol. The number of fused-ring (bicyclic) bond motifs is 1. The second kappa shape index (κ2) is 10.0. The molecule has 2 aromatic heterocycles. The highest BCUT2D eigenvalue weighted by Gasteiger charge is 2.33. The molecular weight excluding hydrogens is 476 g/mol. The van der Waals surface area contributed by atoms with Gasteiger partial charge in [-0.05, 0) is 55.3 Å². The third-order valence-electron chi connectivity index (χ3n) is 5.62. The minimum absolute atomic E-state index is 0.0750. The van der Waals surface area contributed by atoms with Crippen LogP contribution in [-0.4, -0.2) is 39.7 Å². The van der Waals surface area contributed by atoms with Gasteiger partial charge in [-0.1, -0.05) is 35.2 Å². The van der Waals surface area contributed by atoms with Gasteiger partial charge in [-0.3, -0.25) is 9.69 Å². The molecule has 1 aliphatic rings.